The van der Waals surface area contributed by atoms with Crippen LogP contribution in [0.2, 0.25) is 0 Å². The highest BCUT2D eigenvalue weighted by Crippen LogP contribution is 2.12. The molecule has 23 heavy (non-hydrogen) atoms. The lowest BCUT2D eigenvalue weighted by Crippen LogP contribution is -2.37. The summed E-state index contributed by atoms with van der Waals surface area (Å²) in [6.45, 7) is 5.38. The van der Waals surface area contributed by atoms with Crippen molar-refractivity contribution in [3.8, 4) is 11.1 Å². The molecule has 0 aromatic carbocycles. The van der Waals surface area contributed by atoms with Gasteiger partial charge in [-0.15, -0.1) is 0 Å². The molecule has 1 aliphatic rings. The summed E-state index contributed by atoms with van der Waals surface area (Å²) in [5.74, 6) is 0. The van der Waals surface area contributed by atoms with Crippen LogP contribution in [0.1, 0.15) is 12.8 Å². The monoisotopic (exact) mass is 314 g/mol. The van der Waals surface area contributed by atoms with Crippen LogP contribution in [0.5, 0.6) is 0 Å². The summed E-state index contributed by atoms with van der Waals surface area (Å²) < 4.78 is 6.90. The van der Waals surface area contributed by atoms with Crippen LogP contribution in [0, 0.1) is 0 Å². The molecule has 1 fully saturated rings. The second-order valence-corrected chi connectivity index (χ2v) is 5.68. The van der Waals surface area contributed by atoms with E-state index in [1.165, 1.54) is 0 Å². The number of unbranched alkanes of at least 4 members (excludes halogenated alkanes) is 1. The lowest BCUT2D eigenvalue weighted by Gasteiger charge is -2.26. The zero-order valence-corrected chi connectivity index (χ0v) is 13.2. The summed E-state index contributed by atoms with van der Waals surface area (Å²) in [6.07, 6.45) is 7.10. The van der Waals surface area contributed by atoms with Gasteiger partial charge in [0.25, 0.3) is 5.56 Å². The van der Waals surface area contributed by atoms with Gasteiger partial charge < -0.3 is 4.74 Å². The molecule has 3 heterocycles. The Morgan fingerprint density at radius 2 is 1.91 bits per heavy atom. The number of rotatable bonds is 6. The molecule has 122 valence electrons. The quantitative estimate of drug-likeness (QED) is 0.755. The maximum Gasteiger partial charge on any atom is 0.274 e. The molecule has 0 saturated carbocycles. The van der Waals surface area contributed by atoms with Gasteiger partial charge in [-0.25, -0.2) is 4.68 Å². The molecule has 0 bridgehead atoms. The number of morpholine rings is 1. The molecule has 1 saturated heterocycles. The van der Waals surface area contributed by atoms with Gasteiger partial charge in [-0.3, -0.25) is 14.7 Å². The van der Waals surface area contributed by atoms with Gasteiger partial charge in [-0.2, -0.15) is 5.10 Å². The Hall–Kier alpha value is -2.05. The molecule has 0 aliphatic carbocycles. The summed E-state index contributed by atoms with van der Waals surface area (Å²) in [6, 6.07) is 5.48. The molecule has 0 N–H and O–H groups in total. The Morgan fingerprint density at radius 3 is 2.70 bits per heavy atom. The summed E-state index contributed by atoms with van der Waals surface area (Å²) in [4.78, 5) is 19.0. The molecule has 6 heteroatoms. The zero-order valence-electron chi connectivity index (χ0n) is 13.2. The van der Waals surface area contributed by atoms with E-state index in [9.17, 15) is 4.79 Å². The van der Waals surface area contributed by atoms with Crippen LogP contribution < -0.4 is 5.56 Å². The fourth-order valence-corrected chi connectivity index (χ4v) is 2.77. The average molecular weight is 314 g/mol. The van der Waals surface area contributed by atoms with E-state index in [1.54, 1.807) is 29.3 Å². The maximum absolute atomic E-state index is 12.5. The number of nitrogens with zero attached hydrogens (tertiary/aromatic N) is 4. The zero-order chi connectivity index (χ0) is 15.9. The Bertz CT molecular complexity index is 666. The molecule has 0 radical (unpaired) electrons. The Labute approximate surface area is 135 Å². The summed E-state index contributed by atoms with van der Waals surface area (Å²) >= 11 is 0. The molecule has 2 aromatic heterocycles. The van der Waals surface area contributed by atoms with Crippen molar-refractivity contribution in [2.75, 3.05) is 32.8 Å². The van der Waals surface area contributed by atoms with Crippen molar-refractivity contribution in [1.29, 1.82) is 0 Å². The Balaban J connectivity index is 1.57. The van der Waals surface area contributed by atoms with Crippen LogP contribution in [0.15, 0.2) is 41.6 Å². The molecule has 2 aromatic rings. The second kappa shape index (κ2) is 7.99. The van der Waals surface area contributed by atoms with E-state index in [4.69, 9.17) is 4.74 Å². The number of hydrogen-bond acceptors (Lipinski definition) is 5. The molecule has 0 amide bonds. The Morgan fingerprint density at radius 1 is 1.09 bits per heavy atom. The van der Waals surface area contributed by atoms with Crippen molar-refractivity contribution in [1.82, 2.24) is 19.7 Å². The molecule has 0 atom stereocenters. The molecular weight excluding hydrogens is 292 g/mol. The van der Waals surface area contributed by atoms with E-state index in [-0.39, 0.29) is 5.56 Å². The minimum Gasteiger partial charge on any atom is -0.379 e. The number of hydrogen-bond donors (Lipinski definition) is 0. The SMILES string of the molecule is O=c1c(-c2cccnc2)ccnn1CCCCN1CCOCC1. The van der Waals surface area contributed by atoms with Crippen LogP contribution in [0.25, 0.3) is 11.1 Å². The molecule has 1 aliphatic heterocycles. The number of ether oxygens (including phenoxy) is 1. The highest BCUT2D eigenvalue weighted by Gasteiger charge is 2.10. The van der Waals surface area contributed by atoms with Crippen molar-refractivity contribution < 1.29 is 4.74 Å². The van der Waals surface area contributed by atoms with Crippen LogP contribution in [-0.2, 0) is 11.3 Å². The highest BCUT2D eigenvalue weighted by atomic mass is 16.5. The van der Waals surface area contributed by atoms with E-state index >= 15 is 0 Å². The topological polar surface area (TPSA) is 60.2 Å². The third-order valence-corrected chi connectivity index (χ3v) is 4.08. The van der Waals surface area contributed by atoms with Gasteiger partial charge in [0.1, 0.15) is 0 Å². The van der Waals surface area contributed by atoms with Crippen LogP contribution in [0.4, 0.5) is 0 Å². The van der Waals surface area contributed by atoms with E-state index in [0.29, 0.717) is 12.1 Å². The molecule has 0 unspecified atom stereocenters. The number of pyridine rings is 1. The normalized spacial score (nSPS) is 15.7. The standard InChI is InChI=1S/C17H22N4O2/c22-17-16(15-4-3-6-18-14-15)5-7-19-21(17)9-2-1-8-20-10-12-23-13-11-20/h3-7,14H,1-2,8-13H2. The van der Waals surface area contributed by atoms with E-state index < -0.39 is 0 Å². The lowest BCUT2D eigenvalue weighted by molar-refractivity contribution is 0.0370. The predicted molar refractivity (Wildman–Crippen MR) is 88.2 cm³/mol. The van der Waals surface area contributed by atoms with Gasteiger partial charge in [-0.05, 0) is 31.5 Å². The third kappa shape index (κ3) is 4.24. The summed E-state index contributed by atoms with van der Waals surface area (Å²) in [5.41, 5.74) is 1.44. The van der Waals surface area contributed by atoms with Crippen LogP contribution >= 0.6 is 0 Å². The minimum absolute atomic E-state index is 0.0492. The first-order valence-corrected chi connectivity index (χ1v) is 8.11. The van der Waals surface area contributed by atoms with Gasteiger partial charge in [0.15, 0.2) is 0 Å². The summed E-state index contributed by atoms with van der Waals surface area (Å²) in [5, 5.41) is 4.20. The predicted octanol–water partition coefficient (Wildman–Crippen LogP) is 1.42. The van der Waals surface area contributed by atoms with Gasteiger partial charge in [-0.1, -0.05) is 6.07 Å². The number of aromatic nitrogens is 3. The van der Waals surface area contributed by atoms with E-state index in [0.717, 1.165) is 51.3 Å². The van der Waals surface area contributed by atoms with Gasteiger partial charge in [0.2, 0.25) is 0 Å². The van der Waals surface area contributed by atoms with Crippen molar-refractivity contribution in [2.24, 2.45) is 0 Å². The number of aryl methyl sites for hydroxylation is 1. The first-order valence-electron chi connectivity index (χ1n) is 8.11. The molecule has 3 rings (SSSR count). The van der Waals surface area contributed by atoms with Crippen molar-refractivity contribution in [2.45, 2.75) is 19.4 Å². The minimum atomic E-state index is -0.0492. The smallest absolute Gasteiger partial charge is 0.274 e. The van der Waals surface area contributed by atoms with Crippen LogP contribution in [-0.4, -0.2) is 52.5 Å². The molecule has 0 spiro atoms. The van der Waals surface area contributed by atoms with Gasteiger partial charge in [0.05, 0.1) is 18.8 Å². The van der Waals surface area contributed by atoms with Crippen molar-refractivity contribution >= 4 is 0 Å². The lowest BCUT2D eigenvalue weighted by atomic mass is 10.1. The molecular formula is C17H22N4O2. The fourth-order valence-electron chi connectivity index (χ4n) is 2.77. The average Bonchev–Trinajstić information content (AvgIpc) is 2.61. The largest absolute Gasteiger partial charge is 0.379 e. The van der Waals surface area contributed by atoms with Crippen molar-refractivity contribution in [3.05, 3.63) is 47.1 Å². The van der Waals surface area contributed by atoms with Gasteiger partial charge >= 0.3 is 0 Å². The maximum atomic E-state index is 12.5. The fraction of sp³-hybridized carbons (Fsp3) is 0.471. The van der Waals surface area contributed by atoms with Crippen molar-refractivity contribution in [3.63, 3.8) is 0 Å². The second-order valence-electron chi connectivity index (χ2n) is 5.68. The van der Waals surface area contributed by atoms with E-state index in [1.807, 2.05) is 12.1 Å². The Kier molecular flexibility index (Phi) is 5.50. The molecule has 6 nitrogen and oxygen atoms in total. The van der Waals surface area contributed by atoms with Gasteiger partial charge in [0, 0.05) is 43.8 Å². The summed E-state index contributed by atoms with van der Waals surface area (Å²) in [7, 11) is 0. The first-order chi connectivity index (χ1) is 11.3. The first kappa shape index (κ1) is 15.8. The van der Waals surface area contributed by atoms with Crippen LogP contribution in [0.3, 0.4) is 0 Å². The third-order valence-electron chi connectivity index (χ3n) is 4.08. The van der Waals surface area contributed by atoms with E-state index in [2.05, 4.69) is 15.0 Å². The highest BCUT2D eigenvalue weighted by molar-refractivity contribution is 5.60.